The van der Waals surface area contributed by atoms with Crippen LogP contribution in [0, 0.1) is 0 Å². The number of nitrogens with zero attached hydrogens (tertiary/aromatic N) is 1. The van der Waals surface area contributed by atoms with Gasteiger partial charge >= 0.3 is 0 Å². The van der Waals surface area contributed by atoms with Crippen molar-refractivity contribution in [1.29, 1.82) is 0 Å². The molecule has 0 saturated carbocycles. The van der Waals surface area contributed by atoms with Gasteiger partial charge in [-0.1, -0.05) is 48.3 Å². The number of hydrogen-bond donors (Lipinski definition) is 1. The highest BCUT2D eigenvalue weighted by Gasteiger charge is 2.29. The summed E-state index contributed by atoms with van der Waals surface area (Å²) in [5.74, 6) is -0.104. The Morgan fingerprint density at radius 2 is 2.11 bits per heavy atom. The van der Waals surface area contributed by atoms with E-state index in [2.05, 4.69) is 29.3 Å². The molecular formula is C14H12N2OS2. The molecular weight excluding hydrogens is 276 g/mol. The van der Waals surface area contributed by atoms with Crippen LogP contribution in [0.15, 0.2) is 40.9 Å². The Bertz CT molecular complexity index is 634. The topological polar surface area (TPSA) is 32.3 Å². The number of likely N-dealkylation sites (N-methyl/N-ethyl adjacent to an activating group) is 1. The molecule has 2 aliphatic heterocycles. The van der Waals surface area contributed by atoms with E-state index in [0.717, 1.165) is 17.9 Å². The Kier molecular flexibility index (Phi) is 3.16. The number of para-hydroxylation sites is 1. The van der Waals surface area contributed by atoms with E-state index in [4.69, 9.17) is 12.2 Å². The minimum absolute atomic E-state index is 0.104. The van der Waals surface area contributed by atoms with Gasteiger partial charge in [0.1, 0.15) is 9.23 Å². The van der Waals surface area contributed by atoms with Crippen LogP contribution < -0.4 is 10.2 Å². The number of nitrogens with one attached hydrogen (secondary N) is 1. The summed E-state index contributed by atoms with van der Waals surface area (Å²) in [5, 5.41) is 2.67. The number of carbonyl (C=O) groups excluding carboxylic acids is 1. The highest BCUT2D eigenvalue weighted by atomic mass is 32.2. The second kappa shape index (κ2) is 4.83. The summed E-state index contributed by atoms with van der Waals surface area (Å²) in [6, 6.07) is 8.16. The monoisotopic (exact) mass is 288 g/mol. The molecule has 5 heteroatoms. The Hall–Kier alpha value is -1.59. The first-order valence-corrected chi connectivity index (χ1v) is 7.25. The molecule has 1 fully saturated rings. The van der Waals surface area contributed by atoms with E-state index in [-0.39, 0.29) is 5.91 Å². The van der Waals surface area contributed by atoms with E-state index in [1.54, 1.807) is 0 Å². The SMILES string of the molecule is CCN1/C(=C2\SC(=S)NC2=O)C=Cc2ccccc21. The summed E-state index contributed by atoms with van der Waals surface area (Å²) >= 11 is 6.38. The van der Waals surface area contributed by atoms with Gasteiger partial charge in [0.2, 0.25) is 0 Å². The molecule has 0 spiro atoms. The number of hydrogen-bond acceptors (Lipinski definition) is 4. The van der Waals surface area contributed by atoms with Crippen molar-refractivity contribution in [2.24, 2.45) is 0 Å². The summed E-state index contributed by atoms with van der Waals surface area (Å²) in [4.78, 5) is 14.7. The number of allylic oxidation sites excluding steroid dienone is 1. The Morgan fingerprint density at radius 3 is 2.79 bits per heavy atom. The van der Waals surface area contributed by atoms with E-state index in [1.165, 1.54) is 17.3 Å². The van der Waals surface area contributed by atoms with Crippen LogP contribution in [0.25, 0.3) is 6.08 Å². The fraction of sp³-hybridized carbons (Fsp3) is 0.143. The van der Waals surface area contributed by atoms with Crippen molar-refractivity contribution in [2.45, 2.75) is 6.92 Å². The van der Waals surface area contributed by atoms with Gasteiger partial charge in [-0.05, 0) is 24.6 Å². The fourth-order valence-corrected chi connectivity index (χ4v) is 3.38. The average molecular weight is 288 g/mol. The van der Waals surface area contributed by atoms with E-state index in [0.29, 0.717) is 9.23 Å². The summed E-state index contributed by atoms with van der Waals surface area (Å²) in [5.41, 5.74) is 3.21. The van der Waals surface area contributed by atoms with Gasteiger partial charge in [0, 0.05) is 12.2 Å². The lowest BCUT2D eigenvalue weighted by atomic mass is 10.1. The molecule has 19 heavy (non-hydrogen) atoms. The van der Waals surface area contributed by atoms with Gasteiger partial charge in [0.25, 0.3) is 5.91 Å². The van der Waals surface area contributed by atoms with Crippen LogP contribution in [-0.4, -0.2) is 16.8 Å². The van der Waals surface area contributed by atoms with Crippen molar-refractivity contribution in [3.8, 4) is 0 Å². The third-order valence-corrected chi connectivity index (χ3v) is 4.34. The third kappa shape index (κ3) is 2.09. The first kappa shape index (κ1) is 12.4. The second-order valence-corrected chi connectivity index (χ2v) is 5.88. The highest BCUT2D eigenvalue weighted by Crippen LogP contribution is 2.36. The molecule has 0 bridgehead atoms. The predicted octanol–water partition coefficient (Wildman–Crippen LogP) is 2.90. The van der Waals surface area contributed by atoms with Crippen LogP contribution in [-0.2, 0) is 4.79 Å². The molecule has 2 heterocycles. The molecule has 0 radical (unpaired) electrons. The summed E-state index contributed by atoms with van der Waals surface area (Å²) in [6.45, 7) is 2.88. The molecule has 3 nitrogen and oxygen atoms in total. The normalized spacial score (nSPS) is 21.6. The predicted molar refractivity (Wildman–Crippen MR) is 83.9 cm³/mol. The molecule has 96 valence electrons. The lowest BCUT2D eigenvalue weighted by Gasteiger charge is -2.29. The summed E-state index contributed by atoms with van der Waals surface area (Å²) in [6.07, 6.45) is 4.03. The van der Waals surface area contributed by atoms with Gasteiger partial charge < -0.3 is 10.2 Å². The van der Waals surface area contributed by atoms with Gasteiger partial charge in [-0.25, -0.2) is 0 Å². The van der Waals surface area contributed by atoms with E-state index >= 15 is 0 Å². The van der Waals surface area contributed by atoms with Crippen molar-refractivity contribution in [2.75, 3.05) is 11.4 Å². The molecule has 3 rings (SSSR count). The summed E-state index contributed by atoms with van der Waals surface area (Å²) < 4.78 is 0.524. The Labute approximate surface area is 121 Å². The van der Waals surface area contributed by atoms with E-state index in [9.17, 15) is 4.79 Å². The minimum Gasteiger partial charge on any atom is -0.340 e. The molecule has 0 atom stereocenters. The molecule has 2 aliphatic rings. The zero-order chi connectivity index (χ0) is 13.4. The van der Waals surface area contributed by atoms with Crippen molar-refractivity contribution < 1.29 is 4.79 Å². The van der Waals surface area contributed by atoms with Crippen LogP contribution in [0.5, 0.6) is 0 Å². The van der Waals surface area contributed by atoms with Crippen molar-refractivity contribution in [3.63, 3.8) is 0 Å². The third-order valence-electron chi connectivity index (χ3n) is 3.10. The minimum atomic E-state index is -0.104. The zero-order valence-corrected chi connectivity index (χ0v) is 12.0. The number of thiocarbonyl (C=S) groups is 1. The second-order valence-electron chi connectivity index (χ2n) is 4.19. The fourth-order valence-electron chi connectivity index (χ4n) is 2.28. The maximum absolute atomic E-state index is 11.9. The average Bonchev–Trinajstić information content (AvgIpc) is 2.76. The standard InChI is InChI=1S/C14H12N2OS2/c1-2-16-10-6-4-3-5-9(10)7-8-11(16)12-13(17)15-14(18)19-12/h3-8H,2H2,1H3,(H,15,17,18)/b12-11-. The number of amides is 1. The van der Waals surface area contributed by atoms with Crippen LogP contribution in [0.4, 0.5) is 5.69 Å². The number of thioether (sulfide) groups is 1. The molecule has 1 amide bonds. The Balaban J connectivity index is 2.13. The number of carbonyl (C=O) groups is 1. The van der Waals surface area contributed by atoms with Crippen LogP contribution in [0.1, 0.15) is 12.5 Å². The quantitative estimate of drug-likeness (QED) is 0.636. The largest absolute Gasteiger partial charge is 0.340 e. The highest BCUT2D eigenvalue weighted by molar-refractivity contribution is 8.26. The van der Waals surface area contributed by atoms with Crippen LogP contribution in [0.3, 0.4) is 0 Å². The first-order chi connectivity index (χ1) is 9.20. The van der Waals surface area contributed by atoms with Gasteiger partial charge in [-0.15, -0.1) is 0 Å². The van der Waals surface area contributed by atoms with Crippen LogP contribution >= 0.6 is 24.0 Å². The van der Waals surface area contributed by atoms with Gasteiger partial charge in [0.15, 0.2) is 0 Å². The molecule has 1 aromatic rings. The lowest BCUT2D eigenvalue weighted by Crippen LogP contribution is -2.27. The molecule has 0 aliphatic carbocycles. The van der Waals surface area contributed by atoms with Gasteiger partial charge in [-0.2, -0.15) is 0 Å². The van der Waals surface area contributed by atoms with Crippen molar-refractivity contribution >= 4 is 46.0 Å². The van der Waals surface area contributed by atoms with Gasteiger partial charge in [0.05, 0.1) is 5.70 Å². The zero-order valence-electron chi connectivity index (χ0n) is 10.3. The Morgan fingerprint density at radius 1 is 1.32 bits per heavy atom. The number of rotatable bonds is 1. The van der Waals surface area contributed by atoms with E-state index in [1.807, 2.05) is 24.3 Å². The first-order valence-electron chi connectivity index (χ1n) is 6.03. The molecule has 1 N–H and O–H groups in total. The number of anilines is 1. The maximum atomic E-state index is 11.9. The smallest absolute Gasteiger partial charge is 0.265 e. The lowest BCUT2D eigenvalue weighted by molar-refractivity contribution is -0.115. The summed E-state index contributed by atoms with van der Waals surface area (Å²) in [7, 11) is 0. The maximum Gasteiger partial charge on any atom is 0.265 e. The number of benzene rings is 1. The molecule has 1 saturated heterocycles. The number of fused-ring (bicyclic) bond motifs is 1. The molecule has 0 unspecified atom stereocenters. The van der Waals surface area contributed by atoms with E-state index < -0.39 is 0 Å². The van der Waals surface area contributed by atoms with Crippen molar-refractivity contribution in [1.82, 2.24) is 5.32 Å². The van der Waals surface area contributed by atoms with Gasteiger partial charge in [-0.3, -0.25) is 4.79 Å². The molecule has 1 aromatic carbocycles. The van der Waals surface area contributed by atoms with Crippen LogP contribution in [0.2, 0.25) is 0 Å². The molecule has 0 aromatic heterocycles. The van der Waals surface area contributed by atoms with Crippen molar-refractivity contribution in [3.05, 3.63) is 46.5 Å².